The number of rotatable bonds is 2. The second-order valence-electron chi connectivity index (χ2n) is 4.71. The molecule has 0 radical (unpaired) electrons. The monoisotopic (exact) mass is 221 g/mol. The lowest BCUT2D eigenvalue weighted by molar-refractivity contribution is 0.129. The van der Waals surface area contributed by atoms with Gasteiger partial charge in [-0.05, 0) is 17.5 Å². The molecule has 0 amide bonds. The summed E-state index contributed by atoms with van der Waals surface area (Å²) in [6.45, 7) is 4.23. The Morgan fingerprint density at radius 2 is 2.19 bits per heavy atom. The zero-order chi connectivity index (χ0) is 11.7. The minimum Gasteiger partial charge on any atom is -0.497 e. The van der Waals surface area contributed by atoms with Crippen molar-refractivity contribution in [2.45, 2.75) is 32.4 Å². The molecule has 0 spiro atoms. The van der Waals surface area contributed by atoms with E-state index in [4.69, 9.17) is 4.74 Å². The van der Waals surface area contributed by atoms with Gasteiger partial charge in [0.1, 0.15) is 5.75 Å². The first-order valence-corrected chi connectivity index (χ1v) is 5.73. The van der Waals surface area contributed by atoms with Gasteiger partial charge >= 0.3 is 0 Å². The molecular weight excluding hydrogens is 202 g/mol. The second kappa shape index (κ2) is 4.34. The lowest BCUT2D eigenvalue weighted by Gasteiger charge is -2.34. The highest BCUT2D eigenvalue weighted by atomic mass is 16.5. The van der Waals surface area contributed by atoms with Crippen LogP contribution in [-0.2, 0) is 6.42 Å². The quantitative estimate of drug-likeness (QED) is 0.803. The first-order chi connectivity index (χ1) is 7.61. The van der Waals surface area contributed by atoms with Gasteiger partial charge in [0.2, 0.25) is 0 Å². The molecule has 3 heteroatoms. The summed E-state index contributed by atoms with van der Waals surface area (Å²) in [5.74, 6) is 1.26. The molecule has 1 aliphatic rings. The van der Waals surface area contributed by atoms with Crippen molar-refractivity contribution >= 4 is 5.69 Å². The SMILES string of the molecule is COc1ccc2c(c1)NC(C(C)C)C(O)C2. The number of aliphatic hydroxyl groups excluding tert-OH is 1. The second-order valence-corrected chi connectivity index (χ2v) is 4.71. The third-order valence-electron chi connectivity index (χ3n) is 3.20. The van der Waals surface area contributed by atoms with Crippen molar-refractivity contribution in [3.8, 4) is 5.75 Å². The molecule has 0 bridgehead atoms. The maximum Gasteiger partial charge on any atom is 0.120 e. The Balaban J connectivity index is 2.29. The molecule has 0 aromatic heterocycles. The van der Waals surface area contributed by atoms with Gasteiger partial charge in [-0.25, -0.2) is 0 Å². The summed E-state index contributed by atoms with van der Waals surface area (Å²) < 4.78 is 5.20. The fourth-order valence-corrected chi connectivity index (χ4v) is 2.23. The number of aliphatic hydroxyl groups is 1. The van der Waals surface area contributed by atoms with E-state index in [0.717, 1.165) is 23.4 Å². The van der Waals surface area contributed by atoms with Gasteiger partial charge < -0.3 is 15.2 Å². The molecule has 2 rings (SSSR count). The Morgan fingerprint density at radius 1 is 1.44 bits per heavy atom. The van der Waals surface area contributed by atoms with Crippen molar-refractivity contribution in [1.29, 1.82) is 0 Å². The zero-order valence-corrected chi connectivity index (χ0v) is 10.0. The Labute approximate surface area is 96.4 Å². The Morgan fingerprint density at radius 3 is 2.81 bits per heavy atom. The molecule has 3 nitrogen and oxygen atoms in total. The lowest BCUT2D eigenvalue weighted by Crippen LogP contribution is -2.42. The van der Waals surface area contributed by atoms with Gasteiger partial charge in [-0.3, -0.25) is 0 Å². The highest BCUT2D eigenvalue weighted by Crippen LogP contribution is 2.30. The third-order valence-corrected chi connectivity index (χ3v) is 3.20. The zero-order valence-electron chi connectivity index (χ0n) is 10.0. The minimum absolute atomic E-state index is 0.125. The Hall–Kier alpha value is -1.22. The third kappa shape index (κ3) is 2.00. The molecule has 0 saturated heterocycles. The smallest absolute Gasteiger partial charge is 0.120 e. The van der Waals surface area contributed by atoms with E-state index in [1.165, 1.54) is 0 Å². The summed E-state index contributed by atoms with van der Waals surface area (Å²) >= 11 is 0. The number of hydrogen-bond donors (Lipinski definition) is 2. The summed E-state index contributed by atoms with van der Waals surface area (Å²) in [5.41, 5.74) is 2.24. The minimum atomic E-state index is -0.305. The first kappa shape index (κ1) is 11.3. The van der Waals surface area contributed by atoms with Crippen LogP contribution in [0.25, 0.3) is 0 Å². The predicted octanol–water partition coefficient (Wildman–Crippen LogP) is 2.05. The topological polar surface area (TPSA) is 41.5 Å². The maximum absolute atomic E-state index is 10.0. The number of nitrogens with one attached hydrogen (secondary N) is 1. The molecule has 1 heterocycles. The molecule has 1 aliphatic heterocycles. The first-order valence-electron chi connectivity index (χ1n) is 5.73. The predicted molar refractivity (Wildman–Crippen MR) is 65.0 cm³/mol. The highest BCUT2D eigenvalue weighted by Gasteiger charge is 2.28. The van der Waals surface area contributed by atoms with Crippen LogP contribution in [-0.4, -0.2) is 24.4 Å². The Kier molecular flexibility index (Phi) is 3.06. The molecule has 0 saturated carbocycles. The van der Waals surface area contributed by atoms with Crippen LogP contribution in [0.3, 0.4) is 0 Å². The van der Waals surface area contributed by atoms with Gasteiger partial charge in [0.15, 0.2) is 0 Å². The summed E-state index contributed by atoms with van der Waals surface area (Å²) in [6, 6.07) is 6.07. The van der Waals surface area contributed by atoms with E-state index in [9.17, 15) is 5.11 Å². The molecule has 2 N–H and O–H groups in total. The largest absolute Gasteiger partial charge is 0.497 e. The average molecular weight is 221 g/mol. The molecule has 0 aliphatic carbocycles. The summed E-state index contributed by atoms with van der Waals surface area (Å²) in [6.07, 6.45) is 0.413. The van der Waals surface area contributed by atoms with E-state index in [1.54, 1.807) is 7.11 Å². The lowest BCUT2D eigenvalue weighted by atomic mass is 9.89. The number of methoxy groups -OCH3 is 1. The summed E-state index contributed by atoms with van der Waals surface area (Å²) in [4.78, 5) is 0. The number of ether oxygens (including phenoxy) is 1. The molecule has 16 heavy (non-hydrogen) atoms. The summed E-state index contributed by atoms with van der Waals surface area (Å²) in [7, 11) is 1.67. The number of benzene rings is 1. The van der Waals surface area contributed by atoms with E-state index in [0.29, 0.717) is 5.92 Å². The number of fused-ring (bicyclic) bond motifs is 1. The van der Waals surface area contributed by atoms with Crippen LogP contribution in [0.15, 0.2) is 18.2 Å². The number of anilines is 1. The van der Waals surface area contributed by atoms with E-state index in [1.807, 2.05) is 18.2 Å². The van der Waals surface area contributed by atoms with Crippen molar-refractivity contribution in [1.82, 2.24) is 0 Å². The van der Waals surface area contributed by atoms with Crippen LogP contribution in [0.1, 0.15) is 19.4 Å². The van der Waals surface area contributed by atoms with Crippen LogP contribution in [0.4, 0.5) is 5.69 Å². The van der Waals surface area contributed by atoms with Gasteiger partial charge in [0.25, 0.3) is 0 Å². The maximum atomic E-state index is 10.0. The van der Waals surface area contributed by atoms with Gasteiger partial charge in [-0.2, -0.15) is 0 Å². The van der Waals surface area contributed by atoms with E-state index in [-0.39, 0.29) is 12.1 Å². The molecular formula is C13H19NO2. The molecule has 2 unspecified atom stereocenters. The van der Waals surface area contributed by atoms with Crippen molar-refractivity contribution in [2.75, 3.05) is 12.4 Å². The van der Waals surface area contributed by atoms with Crippen LogP contribution in [0.2, 0.25) is 0 Å². The highest BCUT2D eigenvalue weighted by molar-refractivity contribution is 5.58. The van der Waals surface area contributed by atoms with Gasteiger partial charge in [-0.1, -0.05) is 19.9 Å². The normalized spacial score (nSPS) is 23.8. The van der Waals surface area contributed by atoms with E-state index in [2.05, 4.69) is 19.2 Å². The standard InChI is InChI=1S/C13H19NO2/c1-8(2)13-12(15)6-9-4-5-10(16-3)7-11(9)14-13/h4-5,7-8,12-15H,6H2,1-3H3. The van der Waals surface area contributed by atoms with Gasteiger partial charge in [-0.15, -0.1) is 0 Å². The van der Waals surface area contributed by atoms with Crippen molar-refractivity contribution in [3.63, 3.8) is 0 Å². The molecule has 1 aromatic rings. The average Bonchev–Trinajstić information content (AvgIpc) is 2.27. The van der Waals surface area contributed by atoms with Crippen LogP contribution in [0.5, 0.6) is 5.75 Å². The van der Waals surface area contributed by atoms with Crippen LogP contribution >= 0.6 is 0 Å². The molecule has 2 atom stereocenters. The van der Waals surface area contributed by atoms with Gasteiger partial charge in [0, 0.05) is 18.2 Å². The van der Waals surface area contributed by atoms with Crippen LogP contribution < -0.4 is 10.1 Å². The fourth-order valence-electron chi connectivity index (χ4n) is 2.23. The fraction of sp³-hybridized carbons (Fsp3) is 0.538. The molecule has 0 fully saturated rings. The van der Waals surface area contributed by atoms with Crippen molar-refractivity contribution in [2.24, 2.45) is 5.92 Å². The molecule has 88 valence electrons. The van der Waals surface area contributed by atoms with Gasteiger partial charge in [0.05, 0.1) is 19.3 Å². The van der Waals surface area contributed by atoms with Crippen molar-refractivity contribution < 1.29 is 9.84 Å². The van der Waals surface area contributed by atoms with E-state index < -0.39 is 0 Å². The Bertz CT molecular complexity index is 376. The molecule has 1 aromatic carbocycles. The van der Waals surface area contributed by atoms with Crippen LogP contribution in [0, 0.1) is 5.92 Å². The summed E-state index contributed by atoms with van der Waals surface area (Å²) in [5, 5.41) is 13.4. The number of hydrogen-bond acceptors (Lipinski definition) is 3. The van der Waals surface area contributed by atoms with Crippen molar-refractivity contribution in [3.05, 3.63) is 23.8 Å². The van der Waals surface area contributed by atoms with E-state index >= 15 is 0 Å².